The van der Waals surface area contributed by atoms with Crippen molar-refractivity contribution >= 4 is 5.96 Å². The maximum Gasteiger partial charge on any atom is 0.188 e. The van der Waals surface area contributed by atoms with Gasteiger partial charge < -0.3 is 15.8 Å². The lowest BCUT2D eigenvalue weighted by atomic mass is 10.0. The average Bonchev–Trinajstić information content (AvgIpc) is 2.15. The van der Waals surface area contributed by atoms with Gasteiger partial charge in [-0.05, 0) is 26.7 Å². The smallest absolute Gasteiger partial charge is 0.188 e. The molecule has 14 heavy (non-hydrogen) atoms. The van der Waals surface area contributed by atoms with Gasteiger partial charge in [-0.2, -0.15) is 0 Å². The zero-order valence-electron chi connectivity index (χ0n) is 9.12. The van der Waals surface area contributed by atoms with Crippen molar-refractivity contribution in [3.63, 3.8) is 0 Å². The van der Waals surface area contributed by atoms with Gasteiger partial charge in [0.15, 0.2) is 5.96 Å². The third-order valence-electron chi connectivity index (χ3n) is 2.21. The van der Waals surface area contributed by atoms with Crippen LogP contribution in [0, 0.1) is 5.92 Å². The van der Waals surface area contributed by atoms with Crippen molar-refractivity contribution < 1.29 is 4.74 Å². The minimum Gasteiger partial charge on any atom is -0.381 e. The van der Waals surface area contributed by atoms with Crippen molar-refractivity contribution in [2.75, 3.05) is 19.8 Å². The highest BCUT2D eigenvalue weighted by Gasteiger charge is 2.12. The second kappa shape index (κ2) is 5.86. The summed E-state index contributed by atoms with van der Waals surface area (Å²) in [5, 5.41) is 3.07. The Labute approximate surface area is 85.9 Å². The van der Waals surface area contributed by atoms with Gasteiger partial charge in [-0.3, -0.25) is 4.99 Å². The number of hydrogen-bond donors (Lipinski definition) is 2. The van der Waals surface area contributed by atoms with E-state index in [1.165, 1.54) is 6.42 Å². The summed E-state index contributed by atoms with van der Waals surface area (Å²) in [6, 6.07) is 0.348. The molecule has 0 spiro atoms. The maximum absolute atomic E-state index is 5.69. The highest BCUT2D eigenvalue weighted by Crippen LogP contribution is 2.13. The first-order chi connectivity index (χ1) is 6.68. The van der Waals surface area contributed by atoms with E-state index in [-0.39, 0.29) is 0 Å². The van der Waals surface area contributed by atoms with E-state index in [9.17, 15) is 0 Å². The average molecular weight is 199 g/mol. The number of nitrogens with two attached hydrogens (primary N) is 1. The van der Waals surface area contributed by atoms with Crippen LogP contribution in [0.15, 0.2) is 4.99 Å². The lowest BCUT2D eigenvalue weighted by Gasteiger charge is -2.20. The Hall–Kier alpha value is -0.770. The zero-order valence-corrected chi connectivity index (χ0v) is 9.12. The van der Waals surface area contributed by atoms with Gasteiger partial charge in [-0.1, -0.05) is 0 Å². The van der Waals surface area contributed by atoms with Gasteiger partial charge in [-0.25, -0.2) is 0 Å². The van der Waals surface area contributed by atoms with Gasteiger partial charge in [0, 0.05) is 25.1 Å². The highest BCUT2D eigenvalue weighted by molar-refractivity contribution is 5.78. The van der Waals surface area contributed by atoms with Crippen LogP contribution in [0.4, 0.5) is 0 Å². The number of hydrogen-bond acceptors (Lipinski definition) is 2. The van der Waals surface area contributed by atoms with Crippen LogP contribution in [-0.4, -0.2) is 31.8 Å². The number of ether oxygens (including phenoxy) is 1. The molecule has 1 heterocycles. The molecule has 1 saturated heterocycles. The van der Waals surface area contributed by atoms with Gasteiger partial charge in [0.05, 0.1) is 6.61 Å². The molecule has 1 aliphatic heterocycles. The fraction of sp³-hybridized carbons (Fsp3) is 0.900. The van der Waals surface area contributed by atoms with Gasteiger partial charge in [0.1, 0.15) is 0 Å². The monoisotopic (exact) mass is 199 g/mol. The summed E-state index contributed by atoms with van der Waals surface area (Å²) in [7, 11) is 0. The predicted octanol–water partition coefficient (Wildman–Crippen LogP) is 0.726. The number of rotatable bonds is 3. The van der Waals surface area contributed by atoms with Gasteiger partial charge >= 0.3 is 0 Å². The van der Waals surface area contributed by atoms with E-state index in [4.69, 9.17) is 10.5 Å². The van der Waals surface area contributed by atoms with Crippen molar-refractivity contribution in [1.29, 1.82) is 0 Å². The lowest BCUT2D eigenvalue weighted by molar-refractivity contribution is 0.0582. The number of nitrogens with zero attached hydrogens (tertiary/aromatic N) is 1. The van der Waals surface area contributed by atoms with E-state index in [1.807, 2.05) is 13.8 Å². The minimum absolute atomic E-state index is 0.348. The molecule has 0 amide bonds. The molecule has 3 N–H and O–H groups in total. The molecule has 0 saturated carbocycles. The van der Waals surface area contributed by atoms with Crippen molar-refractivity contribution in [3.8, 4) is 0 Å². The second-order valence-electron chi connectivity index (χ2n) is 4.11. The Morgan fingerprint density at radius 1 is 1.64 bits per heavy atom. The van der Waals surface area contributed by atoms with E-state index in [1.54, 1.807) is 0 Å². The van der Waals surface area contributed by atoms with Crippen LogP contribution < -0.4 is 11.1 Å². The summed E-state index contributed by atoms with van der Waals surface area (Å²) in [5.41, 5.74) is 5.69. The van der Waals surface area contributed by atoms with Crippen molar-refractivity contribution in [2.24, 2.45) is 16.6 Å². The molecule has 0 aromatic heterocycles. The first-order valence-corrected chi connectivity index (χ1v) is 5.32. The van der Waals surface area contributed by atoms with E-state index in [2.05, 4.69) is 10.3 Å². The van der Waals surface area contributed by atoms with Crippen LogP contribution in [-0.2, 0) is 4.74 Å². The number of nitrogens with one attached hydrogen (secondary N) is 1. The standard InChI is InChI=1S/C10H21N3O/c1-8(2)13-10(11)12-6-9-4-3-5-14-7-9/h8-9H,3-7H2,1-2H3,(H3,11,12,13). The molecule has 1 fully saturated rings. The van der Waals surface area contributed by atoms with Crippen molar-refractivity contribution in [3.05, 3.63) is 0 Å². The number of aliphatic imine (C=N–C) groups is 1. The summed E-state index contributed by atoms with van der Waals surface area (Å²) in [6.07, 6.45) is 2.36. The van der Waals surface area contributed by atoms with Crippen LogP contribution in [0.2, 0.25) is 0 Å². The fourth-order valence-electron chi connectivity index (χ4n) is 1.52. The molecule has 0 bridgehead atoms. The molecule has 0 aromatic carbocycles. The molecular formula is C10H21N3O. The summed E-state index contributed by atoms with van der Waals surface area (Å²) in [4.78, 5) is 4.29. The molecule has 1 atom stereocenters. The van der Waals surface area contributed by atoms with Crippen LogP contribution >= 0.6 is 0 Å². The molecule has 1 unspecified atom stereocenters. The summed E-state index contributed by atoms with van der Waals surface area (Å²) in [6.45, 7) is 6.61. The zero-order chi connectivity index (χ0) is 10.4. The van der Waals surface area contributed by atoms with Gasteiger partial charge in [0.2, 0.25) is 0 Å². The Balaban J connectivity index is 2.22. The minimum atomic E-state index is 0.348. The van der Waals surface area contributed by atoms with Crippen LogP contribution in [0.3, 0.4) is 0 Å². The first kappa shape index (κ1) is 11.3. The topological polar surface area (TPSA) is 59.6 Å². The van der Waals surface area contributed by atoms with Gasteiger partial charge in [0.25, 0.3) is 0 Å². The van der Waals surface area contributed by atoms with Crippen LogP contribution in [0.5, 0.6) is 0 Å². The highest BCUT2D eigenvalue weighted by atomic mass is 16.5. The maximum atomic E-state index is 5.69. The van der Waals surface area contributed by atoms with E-state index in [0.717, 1.165) is 26.2 Å². The first-order valence-electron chi connectivity index (χ1n) is 5.32. The molecule has 4 nitrogen and oxygen atoms in total. The molecule has 0 aliphatic carbocycles. The van der Waals surface area contributed by atoms with Gasteiger partial charge in [-0.15, -0.1) is 0 Å². The SMILES string of the molecule is CC(C)NC(N)=NCC1CCCOC1. The van der Waals surface area contributed by atoms with E-state index in [0.29, 0.717) is 17.9 Å². The quantitative estimate of drug-likeness (QED) is 0.520. The molecule has 1 aliphatic rings. The predicted molar refractivity (Wildman–Crippen MR) is 58.3 cm³/mol. The third kappa shape index (κ3) is 4.46. The normalized spacial score (nSPS) is 23.9. The second-order valence-corrected chi connectivity index (χ2v) is 4.11. The van der Waals surface area contributed by atoms with Crippen molar-refractivity contribution in [2.45, 2.75) is 32.7 Å². The summed E-state index contributed by atoms with van der Waals surface area (Å²) < 4.78 is 5.36. The molecular weight excluding hydrogens is 178 g/mol. The fourth-order valence-corrected chi connectivity index (χ4v) is 1.52. The summed E-state index contributed by atoms with van der Waals surface area (Å²) in [5.74, 6) is 1.10. The van der Waals surface area contributed by atoms with E-state index >= 15 is 0 Å². The largest absolute Gasteiger partial charge is 0.381 e. The number of guanidine groups is 1. The molecule has 1 rings (SSSR count). The van der Waals surface area contributed by atoms with Crippen LogP contribution in [0.1, 0.15) is 26.7 Å². The Kier molecular flexibility index (Phi) is 4.73. The van der Waals surface area contributed by atoms with E-state index < -0.39 is 0 Å². The van der Waals surface area contributed by atoms with Crippen LogP contribution in [0.25, 0.3) is 0 Å². The molecule has 82 valence electrons. The molecule has 0 aromatic rings. The Morgan fingerprint density at radius 3 is 3.00 bits per heavy atom. The summed E-state index contributed by atoms with van der Waals surface area (Å²) >= 11 is 0. The lowest BCUT2D eigenvalue weighted by Crippen LogP contribution is -2.37. The third-order valence-corrected chi connectivity index (χ3v) is 2.21. The molecule has 0 radical (unpaired) electrons. The Morgan fingerprint density at radius 2 is 2.43 bits per heavy atom. The molecule has 4 heteroatoms. The Bertz CT molecular complexity index is 186. The van der Waals surface area contributed by atoms with Crippen molar-refractivity contribution in [1.82, 2.24) is 5.32 Å².